The highest BCUT2D eigenvalue weighted by Crippen LogP contribution is 2.21. The lowest BCUT2D eigenvalue weighted by atomic mass is 9.95. The number of rotatable bonds is 6. The average molecular weight is 268 g/mol. The summed E-state index contributed by atoms with van der Waals surface area (Å²) in [6.45, 7) is -1.49. The predicted molar refractivity (Wildman–Crippen MR) is 57.7 cm³/mol. The summed E-state index contributed by atoms with van der Waals surface area (Å²) in [5, 5.41) is 55.2. The first-order chi connectivity index (χ1) is 8.54. The molecule has 6 N–H and O–H groups in total. The van der Waals surface area contributed by atoms with Gasteiger partial charge in [-0.2, -0.15) is 0 Å². The van der Waals surface area contributed by atoms with Gasteiger partial charge < -0.3 is 40.1 Å². The molecule has 1 heterocycles. The molecule has 1 saturated heterocycles. The Morgan fingerprint density at radius 3 is 1.94 bits per heavy atom. The van der Waals surface area contributed by atoms with E-state index in [1.54, 1.807) is 0 Å². The first-order valence-electron chi connectivity index (χ1n) is 5.69. The number of aliphatic hydroxyl groups excluding tert-OH is 6. The second-order valence-corrected chi connectivity index (χ2v) is 4.19. The fraction of sp³-hybridized carbons (Fsp3) is 1.00. The Bertz CT molecular complexity index is 232. The third kappa shape index (κ3) is 3.59. The van der Waals surface area contributed by atoms with Crippen LogP contribution in [0.2, 0.25) is 0 Å². The highest BCUT2D eigenvalue weighted by Gasteiger charge is 2.43. The summed E-state index contributed by atoms with van der Waals surface area (Å²) in [5.74, 6) is 0. The van der Waals surface area contributed by atoms with Gasteiger partial charge >= 0.3 is 0 Å². The summed E-state index contributed by atoms with van der Waals surface area (Å²) in [6, 6.07) is 0. The molecule has 0 aliphatic carbocycles. The molecule has 1 aliphatic rings. The molecular weight excluding hydrogens is 248 g/mol. The van der Waals surface area contributed by atoms with Crippen molar-refractivity contribution in [2.75, 3.05) is 26.4 Å². The molecule has 1 fully saturated rings. The topological polar surface area (TPSA) is 140 Å². The summed E-state index contributed by atoms with van der Waals surface area (Å²) < 4.78 is 10.2. The summed E-state index contributed by atoms with van der Waals surface area (Å²) in [4.78, 5) is 0. The molecule has 8 nitrogen and oxygen atoms in total. The molecule has 0 bridgehead atoms. The molecule has 0 aromatic heterocycles. The predicted octanol–water partition coefficient (Wildman–Crippen LogP) is -3.80. The van der Waals surface area contributed by atoms with Gasteiger partial charge in [-0.15, -0.1) is 0 Å². The third-order valence-corrected chi connectivity index (χ3v) is 2.89. The van der Waals surface area contributed by atoms with Crippen LogP contribution in [0.4, 0.5) is 0 Å². The number of ether oxygens (including phenoxy) is 2. The lowest BCUT2D eigenvalue weighted by Crippen LogP contribution is -2.59. The van der Waals surface area contributed by atoms with Crippen LogP contribution in [0.5, 0.6) is 0 Å². The molecule has 0 radical (unpaired) electrons. The molecule has 1 aliphatic heterocycles. The molecule has 5 atom stereocenters. The van der Waals surface area contributed by atoms with Crippen LogP contribution >= 0.6 is 0 Å². The molecule has 0 amide bonds. The summed E-state index contributed by atoms with van der Waals surface area (Å²) in [7, 11) is 0. The lowest BCUT2D eigenvalue weighted by molar-refractivity contribution is -0.243. The standard InChI is InChI=1S/C10H20O8/c11-1-5(2-12)17-4-7-9(15)10(16)8(14)6(3-13)18-7/h5-16H,1-4H2. The molecule has 0 aromatic carbocycles. The van der Waals surface area contributed by atoms with Crippen molar-refractivity contribution in [3.8, 4) is 0 Å². The van der Waals surface area contributed by atoms with E-state index in [4.69, 9.17) is 24.8 Å². The van der Waals surface area contributed by atoms with Crippen molar-refractivity contribution in [3.63, 3.8) is 0 Å². The van der Waals surface area contributed by atoms with E-state index in [1.165, 1.54) is 0 Å². The summed E-state index contributed by atoms with van der Waals surface area (Å²) in [6.07, 6.45) is -6.99. The molecule has 108 valence electrons. The van der Waals surface area contributed by atoms with Crippen LogP contribution in [0.3, 0.4) is 0 Å². The number of aliphatic hydroxyl groups is 6. The van der Waals surface area contributed by atoms with Crippen molar-refractivity contribution in [3.05, 3.63) is 0 Å². The Hall–Kier alpha value is -0.320. The van der Waals surface area contributed by atoms with Crippen molar-refractivity contribution in [2.45, 2.75) is 36.6 Å². The molecule has 5 unspecified atom stereocenters. The van der Waals surface area contributed by atoms with E-state index in [2.05, 4.69) is 0 Å². The van der Waals surface area contributed by atoms with E-state index in [-0.39, 0.29) is 6.61 Å². The molecule has 0 saturated carbocycles. The minimum Gasteiger partial charge on any atom is -0.394 e. The molecule has 0 aromatic rings. The maximum Gasteiger partial charge on any atom is 0.111 e. The number of hydrogen-bond donors (Lipinski definition) is 6. The number of hydrogen-bond acceptors (Lipinski definition) is 8. The Balaban J connectivity index is 2.53. The van der Waals surface area contributed by atoms with Gasteiger partial charge in [-0.25, -0.2) is 0 Å². The van der Waals surface area contributed by atoms with Crippen LogP contribution in [0.25, 0.3) is 0 Å². The molecule has 0 spiro atoms. The van der Waals surface area contributed by atoms with Gasteiger partial charge in [0.15, 0.2) is 0 Å². The molecule has 1 rings (SSSR count). The Morgan fingerprint density at radius 1 is 0.889 bits per heavy atom. The van der Waals surface area contributed by atoms with Crippen molar-refractivity contribution in [1.29, 1.82) is 0 Å². The van der Waals surface area contributed by atoms with Crippen LogP contribution in [0, 0.1) is 0 Å². The van der Waals surface area contributed by atoms with Gasteiger partial charge in [0.25, 0.3) is 0 Å². The average Bonchev–Trinajstić information content (AvgIpc) is 2.39. The van der Waals surface area contributed by atoms with Gasteiger partial charge in [0, 0.05) is 0 Å². The zero-order valence-corrected chi connectivity index (χ0v) is 9.79. The minimum atomic E-state index is -1.45. The fourth-order valence-corrected chi connectivity index (χ4v) is 1.71. The van der Waals surface area contributed by atoms with Crippen LogP contribution < -0.4 is 0 Å². The second kappa shape index (κ2) is 7.31. The van der Waals surface area contributed by atoms with E-state index >= 15 is 0 Å². The van der Waals surface area contributed by atoms with Crippen molar-refractivity contribution >= 4 is 0 Å². The quantitative estimate of drug-likeness (QED) is 0.288. The van der Waals surface area contributed by atoms with Crippen molar-refractivity contribution in [1.82, 2.24) is 0 Å². The van der Waals surface area contributed by atoms with E-state index in [9.17, 15) is 15.3 Å². The van der Waals surface area contributed by atoms with Crippen molar-refractivity contribution in [2.24, 2.45) is 0 Å². The highest BCUT2D eigenvalue weighted by atomic mass is 16.6. The summed E-state index contributed by atoms with van der Waals surface area (Å²) in [5.41, 5.74) is 0. The largest absolute Gasteiger partial charge is 0.394 e. The van der Waals surface area contributed by atoms with Gasteiger partial charge in [0.05, 0.1) is 26.4 Å². The minimum absolute atomic E-state index is 0.187. The van der Waals surface area contributed by atoms with Crippen molar-refractivity contribution < 1.29 is 40.1 Å². The first-order valence-corrected chi connectivity index (χ1v) is 5.69. The van der Waals surface area contributed by atoms with E-state index < -0.39 is 56.4 Å². The van der Waals surface area contributed by atoms with Gasteiger partial charge in [0.1, 0.15) is 36.6 Å². The van der Waals surface area contributed by atoms with Crippen LogP contribution in [0.1, 0.15) is 0 Å². The van der Waals surface area contributed by atoms with E-state index in [0.717, 1.165) is 0 Å². The Kier molecular flexibility index (Phi) is 6.39. The lowest BCUT2D eigenvalue weighted by Gasteiger charge is -2.40. The van der Waals surface area contributed by atoms with Crippen LogP contribution in [-0.2, 0) is 9.47 Å². The monoisotopic (exact) mass is 268 g/mol. The zero-order valence-electron chi connectivity index (χ0n) is 9.79. The van der Waals surface area contributed by atoms with E-state index in [0.29, 0.717) is 0 Å². The molecular formula is C10H20O8. The third-order valence-electron chi connectivity index (χ3n) is 2.89. The van der Waals surface area contributed by atoms with E-state index in [1.807, 2.05) is 0 Å². The highest BCUT2D eigenvalue weighted by molar-refractivity contribution is 4.91. The van der Waals surface area contributed by atoms with Crippen LogP contribution in [-0.4, -0.2) is 93.7 Å². The van der Waals surface area contributed by atoms with Gasteiger partial charge in [-0.3, -0.25) is 0 Å². The maximum atomic E-state index is 9.66. The molecule has 18 heavy (non-hydrogen) atoms. The first kappa shape index (κ1) is 15.7. The van der Waals surface area contributed by atoms with Gasteiger partial charge in [-0.05, 0) is 0 Å². The second-order valence-electron chi connectivity index (χ2n) is 4.19. The summed E-state index contributed by atoms with van der Waals surface area (Å²) >= 11 is 0. The van der Waals surface area contributed by atoms with Gasteiger partial charge in [-0.1, -0.05) is 0 Å². The van der Waals surface area contributed by atoms with Crippen LogP contribution in [0.15, 0.2) is 0 Å². The Morgan fingerprint density at radius 2 is 1.44 bits per heavy atom. The molecule has 8 heteroatoms. The fourth-order valence-electron chi connectivity index (χ4n) is 1.71. The SMILES string of the molecule is OCC(CO)OCC1OC(CO)C(O)C(O)C1O. The maximum absolute atomic E-state index is 9.66. The zero-order chi connectivity index (χ0) is 13.7. The normalized spacial score (nSPS) is 37.2. The van der Waals surface area contributed by atoms with Gasteiger partial charge in [0.2, 0.25) is 0 Å². The smallest absolute Gasteiger partial charge is 0.111 e. The Labute approximate surface area is 104 Å².